The molecule has 1 saturated heterocycles. The van der Waals surface area contributed by atoms with Crippen molar-refractivity contribution >= 4 is 17.4 Å². The van der Waals surface area contributed by atoms with E-state index in [0.29, 0.717) is 13.1 Å². The molecule has 0 radical (unpaired) electrons. The summed E-state index contributed by atoms with van der Waals surface area (Å²) in [5, 5.41) is 13.9. The third-order valence-corrected chi connectivity index (χ3v) is 5.20. The zero-order valence-corrected chi connectivity index (χ0v) is 17.3. The molecule has 160 valence electrons. The van der Waals surface area contributed by atoms with Crippen LogP contribution >= 0.6 is 0 Å². The lowest BCUT2D eigenvalue weighted by molar-refractivity contribution is -0.384. The molecule has 2 aromatic carbocycles. The Labute approximate surface area is 176 Å². The highest BCUT2D eigenvalue weighted by atomic mass is 16.6. The van der Waals surface area contributed by atoms with Crippen molar-refractivity contribution in [2.24, 2.45) is 0 Å². The lowest BCUT2D eigenvalue weighted by Gasteiger charge is -2.28. The summed E-state index contributed by atoms with van der Waals surface area (Å²) in [6, 6.07) is 13.8. The second-order valence-electron chi connectivity index (χ2n) is 7.40. The average molecular weight is 412 g/mol. The molecular weight excluding hydrogens is 384 g/mol. The van der Waals surface area contributed by atoms with Crippen LogP contribution in [0.15, 0.2) is 48.5 Å². The van der Waals surface area contributed by atoms with E-state index in [1.807, 2.05) is 31.2 Å². The monoisotopic (exact) mass is 412 g/mol. The molecule has 0 saturated carbocycles. The van der Waals surface area contributed by atoms with Gasteiger partial charge in [-0.3, -0.25) is 15.0 Å². The first-order valence-corrected chi connectivity index (χ1v) is 10.2. The molecular formula is C22H28N4O4. The summed E-state index contributed by atoms with van der Waals surface area (Å²) in [7, 11) is 0. The number of benzene rings is 2. The van der Waals surface area contributed by atoms with E-state index in [4.69, 9.17) is 4.74 Å². The van der Waals surface area contributed by atoms with Crippen LogP contribution < -0.4 is 5.32 Å². The van der Waals surface area contributed by atoms with E-state index < -0.39 is 4.92 Å². The Morgan fingerprint density at radius 2 is 1.87 bits per heavy atom. The Balaban J connectivity index is 1.65. The number of non-ortho nitro benzene ring substituents is 1. The average Bonchev–Trinajstić information content (AvgIpc) is 2.75. The fraction of sp³-hybridized carbons (Fsp3) is 0.409. The van der Waals surface area contributed by atoms with Crippen molar-refractivity contribution in [3.8, 4) is 0 Å². The highest BCUT2D eigenvalue weighted by Crippen LogP contribution is 2.17. The standard InChI is InChI=1S/C22H28N4O4/c1-18-5-2-3-6-21(18)23-22(27)25(12-4-11-24-13-15-30-16-14-24)17-19-7-9-20(10-8-19)26(28)29/h2-3,5-10H,4,11-17H2,1H3,(H,23,27). The number of hydrogen-bond donors (Lipinski definition) is 1. The largest absolute Gasteiger partial charge is 0.379 e. The number of carbonyl (C=O) groups excluding carboxylic acids is 1. The second-order valence-corrected chi connectivity index (χ2v) is 7.40. The number of carbonyl (C=O) groups is 1. The van der Waals surface area contributed by atoms with E-state index >= 15 is 0 Å². The maximum Gasteiger partial charge on any atom is 0.322 e. The number of nitro groups is 1. The van der Waals surface area contributed by atoms with Crippen molar-refractivity contribution in [1.82, 2.24) is 9.80 Å². The van der Waals surface area contributed by atoms with Crippen LogP contribution in [0.4, 0.5) is 16.2 Å². The zero-order valence-electron chi connectivity index (χ0n) is 17.3. The third kappa shape index (κ3) is 6.27. The van der Waals surface area contributed by atoms with Crippen LogP contribution in [0.5, 0.6) is 0 Å². The highest BCUT2D eigenvalue weighted by molar-refractivity contribution is 5.90. The van der Waals surface area contributed by atoms with E-state index in [1.165, 1.54) is 12.1 Å². The van der Waals surface area contributed by atoms with Gasteiger partial charge in [-0.05, 0) is 30.5 Å². The number of urea groups is 1. The van der Waals surface area contributed by atoms with Gasteiger partial charge in [0.05, 0.1) is 18.1 Å². The van der Waals surface area contributed by atoms with Crippen LogP contribution in [0.1, 0.15) is 17.5 Å². The molecule has 0 spiro atoms. The fourth-order valence-corrected chi connectivity index (χ4v) is 3.41. The number of nitrogens with one attached hydrogen (secondary N) is 1. The van der Waals surface area contributed by atoms with Crippen molar-refractivity contribution in [2.45, 2.75) is 19.9 Å². The van der Waals surface area contributed by atoms with Crippen LogP contribution in [-0.4, -0.2) is 60.1 Å². The summed E-state index contributed by atoms with van der Waals surface area (Å²) >= 11 is 0. The van der Waals surface area contributed by atoms with Crippen LogP contribution in [-0.2, 0) is 11.3 Å². The lowest BCUT2D eigenvalue weighted by atomic mass is 10.2. The minimum Gasteiger partial charge on any atom is -0.379 e. The minimum absolute atomic E-state index is 0.0435. The molecule has 1 aliphatic rings. The van der Waals surface area contributed by atoms with Gasteiger partial charge in [-0.2, -0.15) is 0 Å². The fourth-order valence-electron chi connectivity index (χ4n) is 3.41. The molecule has 8 nitrogen and oxygen atoms in total. The van der Waals surface area contributed by atoms with Gasteiger partial charge in [-0.15, -0.1) is 0 Å². The summed E-state index contributed by atoms with van der Waals surface area (Å²) in [6.45, 7) is 7.16. The molecule has 1 aliphatic heterocycles. The predicted octanol–water partition coefficient (Wildman–Crippen LogP) is 3.66. The molecule has 30 heavy (non-hydrogen) atoms. The van der Waals surface area contributed by atoms with Gasteiger partial charge in [0.1, 0.15) is 0 Å². The van der Waals surface area contributed by atoms with Crippen LogP contribution in [0, 0.1) is 17.0 Å². The number of anilines is 1. The van der Waals surface area contributed by atoms with Gasteiger partial charge in [0, 0.05) is 50.5 Å². The Bertz CT molecular complexity index is 850. The van der Waals surface area contributed by atoms with Crippen molar-refractivity contribution in [2.75, 3.05) is 44.7 Å². The Morgan fingerprint density at radius 3 is 2.53 bits per heavy atom. The topological polar surface area (TPSA) is 88.0 Å². The van der Waals surface area contributed by atoms with Crippen LogP contribution in [0.2, 0.25) is 0 Å². The number of amides is 2. The van der Waals surface area contributed by atoms with Crippen molar-refractivity contribution in [3.63, 3.8) is 0 Å². The SMILES string of the molecule is Cc1ccccc1NC(=O)N(CCCN1CCOCC1)Cc1ccc([N+](=O)[O-])cc1. The molecule has 1 heterocycles. The van der Waals surface area contributed by atoms with Crippen molar-refractivity contribution in [3.05, 3.63) is 69.8 Å². The van der Waals surface area contributed by atoms with Crippen molar-refractivity contribution in [1.29, 1.82) is 0 Å². The molecule has 8 heteroatoms. The number of hydrogen-bond acceptors (Lipinski definition) is 5. The number of para-hydroxylation sites is 1. The summed E-state index contributed by atoms with van der Waals surface area (Å²) < 4.78 is 5.38. The van der Waals surface area contributed by atoms with E-state index in [9.17, 15) is 14.9 Å². The molecule has 0 bridgehead atoms. The normalized spacial score (nSPS) is 14.3. The molecule has 2 aromatic rings. The number of morpholine rings is 1. The minimum atomic E-state index is -0.422. The first kappa shape index (κ1) is 21.7. The van der Waals surface area contributed by atoms with Gasteiger partial charge in [-0.25, -0.2) is 4.79 Å². The molecule has 0 atom stereocenters. The molecule has 1 fully saturated rings. The maximum atomic E-state index is 13.0. The lowest BCUT2D eigenvalue weighted by Crippen LogP contribution is -2.40. The van der Waals surface area contributed by atoms with E-state index in [-0.39, 0.29) is 11.7 Å². The van der Waals surface area contributed by atoms with Gasteiger partial charge in [0.2, 0.25) is 0 Å². The van der Waals surface area contributed by atoms with Gasteiger partial charge in [0.15, 0.2) is 0 Å². The van der Waals surface area contributed by atoms with Crippen molar-refractivity contribution < 1.29 is 14.5 Å². The molecule has 0 aliphatic carbocycles. The molecule has 0 unspecified atom stereocenters. The molecule has 2 amide bonds. The summed E-state index contributed by atoms with van der Waals surface area (Å²) in [6.07, 6.45) is 0.841. The molecule has 3 rings (SSSR count). The first-order valence-electron chi connectivity index (χ1n) is 10.2. The first-order chi connectivity index (χ1) is 14.5. The van der Waals surface area contributed by atoms with E-state index in [2.05, 4.69) is 10.2 Å². The zero-order chi connectivity index (χ0) is 21.3. The number of nitrogens with zero attached hydrogens (tertiary/aromatic N) is 3. The Morgan fingerprint density at radius 1 is 1.17 bits per heavy atom. The van der Waals surface area contributed by atoms with E-state index in [0.717, 1.165) is 56.1 Å². The third-order valence-electron chi connectivity index (χ3n) is 5.20. The number of rotatable bonds is 8. The van der Waals surface area contributed by atoms with E-state index in [1.54, 1.807) is 17.0 Å². The summed E-state index contributed by atoms with van der Waals surface area (Å²) in [4.78, 5) is 27.6. The summed E-state index contributed by atoms with van der Waals surface area (Å²) in [5.41, 5.74) is 2.67. The smallest absolute Gasteiger partial charge is 0.322 e. The predicted molar refractivity (Wildman–Crippen MR) is 116 cm³/mol. The number of aryl methyl sites for hydroxylation is 1. The maximum absolute atomic E-state index is 13.0. The molecule has 0 aromatic heterocycles. The Hall–Kier alpha value is -2.97. The number of nitro benzene ring substituents is 1. The van der Waals surface area contributed by atoms with Gasteiger partial charge in [0.25, 0.3) is 5.69 Å². The Kier molecular flexibility index (Phi) is 7.75. The number of ether oxygens (including phenoxy) is 1. The quantitative estimate of drug-likeness (QED) is 0.528. The molecule has 1 N–H and O–H groups in total. The van der Waals surface area contributed by atoms with Gasteiger partial charge in [-0.1, -0.05) is 30.3 Å². The van der Waals surface area contributed by atoms with Gasteiger partial charge >= 0.3 is 6.03 Å². The van der Waals surface area contributed by atoms with Gasteiger partial charge < -0.3 is 15.0 Å². The summed E-state index contributed by atoms with van der Waals surface area (Å²) in [5.74, 6) is 0. The highest BCUT2D eigenvalue weighted by Gasteiger charge is 2.17. The van der Waals surface area contributed by atoms with Crippen LogP contribution in [0.3, 0.4) is 0 Å². The second kappa shape index (κ2) is 10.7. The van der Waals surface area contributed by atoms with Crippen LogP contribution in [0.25, 0.3) is 0 Å².